The van der Waals surface area contributed by atoms with Gasteiger partial charge in [0.05, 0.1) is 7.11 Å². The standard InChI is InChI=1S/C17H29NO/c1-5-8-14(3)17(18-11-6-2)13-15-9-7-10-16(12-15)19-4/h7,9-10,12,14,17-18H,5-6,8,11,13H2,1-4H3. The van der Waals surface area contributed by atoms with Crippen LogP contribution in [0.2, 0.25) is 0 Å². The van der Waals surface area contributed by atoms with E-state index in [2.05, 4.69) is 44.3 Å². The summed E-state index contributed by atoms with van der Waals surface area (Å²) in [4.78, 5) is 0. The molecule has 0 radical (unpaired) electrons. The summed E-state index contributed by atoms with van der Waals surface area (Å²) < 4.78 is 5.31. The van der Waals surface area contributed by atoms with E-state index >= 15 is 0 Å². The van der Waals surface area contributed by atoms with E-state index < -0.39 is 0 Å². The molecular formula is C17H29NO. The van der Waals surface area contributed by atoms with Crippen LogP contribution < -0.4 is 10.1 Å². The molecule has 0 aliphatic carbocycles. The first-order valence-corrected chi connectivity index (χ1v) is 7.57. The molecular weight excluding hydrogens is 234 g/mol. The molecule has 0 saturated carbocycles. The fraction of sp³-hybridized carbons (Fsp3) is 0.647. The van der Waals surface area contributed by atoms with Gasteiger partial charge < -0.3 is 10.1 Å². The zero-order valence-corrected chi connectivity index (χ0v) is 12.9. The van der Waals surface area contributed by atoms with E-state index in [-0.39, 0.29) is 0 Å². The lowest BCUT2D eigenvalue weighted by Gasteiger charge is -2.25. The normalized spacial score (nSPS) is 14.1. The van der Waals surface area contributed by atoms with E-state index in [1.807, 2.05) is 6.07 Å². The van der Waals surface area contributed by atoms with Crippen LogP contribution in [0.15, 0.2) is 24.3 Å². The Bertz CT molecular complexity index is 351. The van der Waals surface area contributed by atoms with Crippen molar-refractivity contribution in [2.24, 2.45) is 5.92 Å². The van der Waals surface area contributed by atoms with Crippen LogP contribution in [0.4, 0.5) is 0 Å². The van der Waals surface area contributed by atoms with E-state index in [9.17, 15) is 0 Å². The van der Waals surface area contributed by atoms with Gasteiger partial charge in [0.25, 0.3) is 0 Å². The Labute approximate surface area is 118 Å². The maximum absolute atomic E-state index is 5.31. The zero-order valence-electron chi connectivity index (χ0n) is 12.9. The van der Waals surface area contributed by atoms with E-state index in [4.69, 9.17) is 4.74 Å². The summed E-state index contributed by atoms with van der Waals surface area (Å²) in [7, 11) is 1.73. The van der Waals surface area contributed by atoms with Gasteiger partial charge in [-0.1, -0.05) is 39.3 Å². The fourth-order valence-electron chi connectivity index (χ4n) is 2.51. The van der Waals surface area contributed by atoms with Gasteiger partial charge in [0.2, 0.25) is 0 Å². The molecule has 0 bridgehead atoms. The van der Waals surface area contributed by atoms with Crippen LogP contribution in [0, 0.1) is 5.92 Å². The molecule has 1 aromatic carbocycles. The van der Waals surface area contributed by atoms with Crippen molar-refractivity contribution in [3.05, 3.63) is 29.8 Å². The number of nitrogens with one attached hydrogen (secondary N) is 1. The molecule has 2 heteroatoms. The number of rotatable bonds is 9. The number of hydrogen-bond acceptors (Lipinski definition) is 2. The van der Waals surface area contributed by atoms with E-state index in [0.717, 1.165) is 18.7 Å². The Kier molecular flexibility index (Phi) is 7.57. The van der Waals surface area contributed by atoms with Crippen molar-refractivity contribution in [2.45, 2.75) is 52.5 Å². The molecule has 0 spiro atoms. The van der Waals surface area contributed by atoms with Crippen LogP contribution in [-0.2, 0) is 6.42 Å². The fourth-order valence-corrected chi connectivity index (χ4v) is 2.51. The Hall–Kier alpha value is -1.02. The molecule has 0 fully saturated rings. The number of methoxy groups -OCH3 is 1. The maximum atomic E-state index is 5.31. The Balaban J connectivity index is 2.68. The van der Waals surface area contributed by atoms with Crippen molar-refractivity contribution in [2.75, 3.05) is 13.7 Å². The highest BCUT2D eigenvalue weighted by molar-refractivity contribution is 5.29. The van der Waals surface area contributed by atoms with Crippen molar-refractivity contribution in [1.82, 2.24) is 5.32 Å². The van der Waals surface area contributed by atoms with Gasteiger partial charge in [-0.3, -0.25) is 0 Å². The molecule has 0 heterocycles. The Morgan fingerprint density at radius 2 is 2.00 bits per heavy atom. The van der Waals surface area contributed by atoms with Crippen LogP contribution >= 0.6 is 0 Å². The summed E-state index contributed by atoms with van der Waals surface area (Å²) in [6.45, 7) is 7.94. The average Bonchev–Trinajstić information content (AvgIpc) is 2.43. The monoisotopic (exact) mass is 263 g/mol. The van der Waals surface area contributed by atoms with Crippen molar-refractivity contribution in [1.29, 1.82) is 0 Å². The van der Waals surface area contributed by atoms with Crippen LogP contribution in [0.5, 0.6) is 5.75 Å². The first-order chi connectivity index (χ1) is 9.21. The molecule has 0 aliphatic rings. The van der Waals surface area contributed by atoms with Gasteiger partial charge in [0.1, 0.15) is 5.75 Å². The third-order valence-electron chi connectivity index (χ3n) is 3.68. The second-order valence-electron chi connectivity index (χ2n) is 5.38. The topological polar surface area (TPSA) is 21.3 Å². The zero-order chi connectivity index (χ0) is 14.1. The molecule has 1 N–H and O–H groups in total. The summed E-state index contributed by atoms with van der Waals surface area (Å²) in [5, 5.41) is 3.70. The third-order valence-corrected chi connectivity index (χ3v) is 3.68. The minimum Gasteiger partial charge on any atom is -0.497 e. The lowest BCUT2D eigenvalue weighted by molar-refractivity contribution is 0.351. The quantitative estimate of drug-likeness (QED) is 0.726. The van der Waals surface area contributed by atoms with Crippen LogP contribution in [-0.4, -0.2) is 19.7 Å². The predicted molar refractivity (Wildman–Crippen MR) is 82.9 cm³/mol. The maximum Gasteiger partial charge on any atom is 0.119 e. The first-order valence-electron chi connectivity index (χ1n) is 7.57. The van der Waals surface area contributed by atoms with Gasteiger partial charge in [-0.15, -0.1) is 0 Å². The number of hydrogen-bond donors (Lipinski definition) is 1. The van der Waals surface area contributed by atoms with E-state index in [1.54, 1.807) is 7.11 Å². The van der Waals surface area contributed by atoms with Gasteiger partial charge in [-0.25, -0.2) is 0 Å². The highest BCUT2D eigenvalue weighted by Crippen LogP contribution is 2.19. The minimum atomic E-state index is 0.562. The minimum absolute atomic E-state index is 0.562. The summed E-state index contributed by atoms with van der Waals surface area (Å²) in [6, 6.07) is 9.00. The number of benzene rings is 1. The molecule has 1 aromatic rings. The second kappa shape index (κ2) is 8.98. The van der Waals surface area contributed by atoms with Crippen molar-refractivity contribution < 1.29 is 4.74 Å². The molecule has 0 amide bonds. The highest BCUT2D eigenvalue weighted by atomic mass is 16.5. The lowest BCUT2D eigenvalue weighted by atomic mass is 9.91. The van der Waals surface area contributed by atoms with Crippen LogP contribution in [0.1, 0.15) is 45.6 Å². The van der Waals surface area contributed by atoms with E-state index in [0.29, 0.717) is 12.0 Å². The summed E-state index contributed by atoms with van der Waals surface area (Å²) in [6.07, 6.45) is 4.81. The average molecular weight is 263 g/mol. The SMILES string of the molecule is CCCNC(Cc1cccc(OC)c1)C(C)CCC. The van der Waals surface area contributed by atoms with Crippen molar-refractivity contribution >= 4 is 0 Å². The highest BCUT2D eigenvalue weighted by Gasteiger charge is 2.16. The number of ether oxygens (including phenoxy) is 1. The molecule has 0 saturated heterocycles. The van der Waals surface area contributed by atoms with Gasteiger partial charge in [0.15, 0.2) is 0 Å². The summed E-state index contributed by atoms with van der Waals surface area (Å²) >= 11 is 0. The largest absolute Gasteiger partial charge is 0.497 e. The Morgan fingerprint density at radius 1 is 1.21 bits per heavy atom. The Morgan fingerprint density at radius 3 is 2.63 bits per heavy atom. The summed E-state index contributed by atoms with van der Waals surface area (Å²) in [5.41, 5.74) is 1.36. The summed E-state index contributed by atoms with van der Waals surface area (Å²) in [5.74, 6) is 1.66. The molecule has 0 aromatic heterocycles. The van der Waals surface area contributed by atoms with Gasteiger partial charge in [-0.05, 0) is 49.4 Å². The van der Waals surface area contributed by atoms with E-state index in [1.165, 1.54) is 24.8 Å². The molecule has 2 atom stereocenters. The van der Waals surface area contributed by atoms with Gasteiger partial charge in [-0.2, -0.15) is 0 Å². The molecule has 2 nitrogen and oxygen atoms in total. The predicted octanol–water partition coefficient (Wildman–Crippen LogP) is 4.04. The molecule has 0 aliphatic heterocycles. The van der Waals surface area contributed by atoms with Crippen LogP contribution in [0.3, 0.4) is 0 Å². The van der Waals surface area contributed by atoms with Gasteiger partial charge >= 0.3 is 0 Å². The first kappa shape index (κ1) is 16.0. The lowest BCUT2D eigenvalue weighted by Crippen LogP contribution is -2.37. The molecule has 2 unspecified atom stereocenters. The van der Waals surface area contributed by atoms with Crippen LogP contribution in [0.25, 0.3) is 0 Å². The molecule has 1 rings (SSSR count). The molecule has 108 valence electrons. The van der Waals surface area contributed by atoms with Gasteiger partial charge in [0, 0.05) is 6.04 Å². The van der Waals surface area contributed by atoms with Crippen molar-refractivity contribution in [3.8, 4) is 5.75 Å². The molecule has 19 heavy (non-hydrogen) atoms. The smallest absolute Gasteiger partial charge is 0.119 e. The second-order valence-corrected chi connectivity index (χ2v) is 5.38. The van der Waals surface area contributed by atoms with Crippen molar-refractivity contribution in [3.63, 3.8) is 0 Å². The third kappa shape index (κ3) is 5.65.